The van der Waals surface area contributed by atoms with E-state index in [4.69, 9.17) is 10.5 Å². The van der Waals surface area contributed by atoms with Crippen molar-refractivity contribution >= 4 is 0 Å². The molecule has 21 heavy (non-hydrogen) atoms. The van der Waals surface area contributed by atoms with E-state index in [0.29, 0.717) is 12.2 Å². The molecule has 3 heteroatoms. The van der Waals surface area contributed by atoms with E-state index < -0.39 is 0 Å². The highest BCUT2D eigenvalue weighted by atomic mass is 19.1. The van der Waals surface area contributed by atoms with Crippen LogP contribution in [0, 0.1) is 17.7 Å². The van der Waals surface area contributed by atoms with Gasteiger partial charge in [0.1, 0.15) is 18.2 Å². The summed E-state index contributed by atoms with van der Waals surface area (Å²) in [5.74, 6) is 6.06. The first-order chi connectivity index (χ1) is 10.1. The molecule has 2 aromatic carbocycles. The molecule has 1 unspecified atom stereocenters. The van der Waals surface area contributed by atoms with Crippen molar-refractivity contribution in [3.8, 4) is 17.6 Å². The standard InChI is InChI=1S/C18H18FNO/c1-14(20)10-16-11-17(19)13-18(12-16)21-9-5-8-15-6-3-2-4-7-15/h2-4,6-7,11-14H,9-10,20H2,1H3. The van der Waals surface area contributed by atoms with Gasteiger partial charge in [-0.05, 0) is 43.2 Å². The van der Waals surface area contributed by atoms with Gasteiger partial charge in [0.25, 0.3) is 0 Å². The van der Waals surface area contributed by atoms with Gasteiger partial charge in [-0.15, -0.1) is 0 Å². The minimum atomic E-state index is -0.320. The summed E-state index contributed by atoms with van der Waals surface area (Å²) >= 11 is 0. The molecule has 0 aromatic heterocycles. The lowest BCUT2D eigenvalue weighted by atomic mass is 10.1. The quantitative estimate of drug-likeness (QED) is 0.875. The van der Waals surface area contributed by atoms with E-state index >= 15 is 0 Å². The van der Waals surface area contributed by atoms with E-state index in [9.17, 15) is 4.39 Å². The number of nitrogens with two attached hydrogens (primary N) is 1. The van der Waals surface area contributed by atoms with Crippen molar-refractivity contribution in [1.82, 2.24) is 0 Å². The Hall–Kier alpha value is -2.31. The second-order valence-corrected chi connectivity index (χ2v) is 4.93. The molecule has 2 N–H and O–H groups in total. The summed E-state index contributed by atoms with van der Waals surface area (Å²) in [6, 6.07) is 14.3. The van der Waals surface area contributed by atoms with E-state index in [1.807, 2.05) is 37.3 Å². The summed E-state index contributed by atoms with van der Waals surface area (Å²) in [4.78, 5) is 0. The lowest BCUT2D eigenvalue weighted by molar-refractivity contribution is 0.367. The SMILES string of the molecule is CC(N)Cc1cc(F)cc(OCC#Cc2ccccc2)c1. The van der Waals surface area contributed by atoms with Crippen LogP contribution >= 0.6 is 0 Å². The third kappa shape index (κ3) is 5.29. The molecular formula is C18H18FNO. The summed E-state index contributed by atoms with van der Waals surface area (Å²) in [6.45, 7) is 2.10. The number of hydrogen-bond donors (Lipinski definition) is 1. The molecule has 0 aliphatic carbocycles. The minimum Gasteiger partial charge on any atom is -0.481 e. The van der Waals surface area contributed by atoms with Crippen LogP contribution in [0.1, 0.15) is 18.1 Å². The van der Waals surface area contributed by atoms with Crippen LogP contribution in [0.5, 0.6) is 5.75 Å². The van der Waals surface area contributed by atoms with E-state index in [0.717, 1.165) is 11.1 Å². The van der Waals surface area contributed by atoms with Crippen LogP contribution in [-0.2, 0) is 6.42 Å². The van der Waals surface area contributed by atoms with Gasteiger partial charge in [0, 0.05) is 17.7 Å². The minimum absolute atomic E-state index is 0.0162. The molecule has 0 spiro atoms. The molecule has 0 saturated carbocycles. The van der Waals surface area contributed by atoms with Crippen LogP contribution in [-0.4, -0.2) is 12.6 Å². The van der Waals surface area contributed by atoms with Crippen LogP contribution in [0.2, 0.25) is 0 Å². The maximum Gasteiger partial charge on any atom is 0.149 e. The molecule has 108 valence electrons. The lowest BCUT2D eigenvalue weighted by Gasteiger charge is -2.08. The fourth-order valence-electron chi connectivity index (χ4n) is 1.97. The molecule has 1 atom stereocenters. The van der Waals surface area contributed by atoms with Gasteiger partial charge in [0.2, 0.25) is 0 Å². The van der Waals surface area contributed by atoms with Crippen molar-refractivity contribution in [3.63, 3.8) is 0 Å². The molecule has 0 aliphatic heterocycles. The number of ether oxygens (including phenoxy) is 1. The maximum absolute atomic E-state index is 13.5. The van der Waals surface area contributed by atoms with Crippen molar-refractivity contribution in [3.05, 3.63) is 65.5 Å². The summed E-state index contributed by atoms with van der Waals surface area (Å²) in [7, 11) is 0. The van der Waals surface area contributed by atoms with Crippen molar-refractivity contribution < 1.29 is 9.13 Å². The second kappa shape index (κ2) is 7.47. The van der Waals surface area contributed by atoms with E-state index in [1.54, 1.807) is 6.07 Å². The van der Waals surface area contributed by atoms with Gasteiger partial charge in [-0.25, -0.2) is 4.39 Å². The number of halogens is 1. The van der Waals surface area contributed by atoms with Crippen LogP contribution in [0.3, 0.4) is 0 Å². The number of benzene rings is 2. The van der Waals surface area contributed by atoms with Gasteiger partial charge in [-0.3, -0.25) is 0 Å². The predicted molar refractivity (Wildman–Crippen MR) is 82.6 cm³/mol. The normalized spacial score (nSPS) is 11.4. The number of hydrogen-bond acceptors (Lipinski definition) is 2. The maximum atomic E-state index is 13.5. The molecule has 0 radical (unpaired) electrons. The average molecular weight is 283 g/mol. The Labute approximate surface area is 124 Å². The zero-order valence-corrected chi connectivity index (χ0v) is 12.0. The van der Waals surface area contributed by atoms with Crippen LogP contribution in [0.4, 0.5) is 4.39 Å². The summed E-state index contributed by atoms with van der Waals surface area (Å²) in [5.41, 5.74) is 7.48. The van der Waals surface area contributed by atoms with E-state index in [-0.39, 0.29) is 18.5 Å². The Kier molecular flexibility index (Phi) is 5.36. The molecule has 0 fully saturated rings. The molecular weight excluding hydrogens is 265 g/mol. The van der Waals surface area contributed by atoms with Crippen molar-refractivity contribution in [1.29, 1.82) is 0 Å². The highest BCUT2D eigenvalue weighted by Gasteiger charge is 2.04. The zero-order chi connectivity index (χ0) is 15.1. The Morgan fingerprint density at radius 2 is 1.95 bits per heavy atom. The molecule has 0 bridgehead atoms. The van der Waals surface area contributed by atoms with Gasteiger partial charge >= 0.3 is 0 Å². The molecule has 2 rings (SSSR count). The average Bonchev–Trinajstić information content (AvgIpc) is 2.43. The number of rotatable bonds is 4. The predicted octanol–water partition coefficient (Wildman–Crippen LogP) is 3.15. The Bertz CT molecular complexity index is 641. The van der Waals surface area contributed by atoms with Gasteiger partial charge in [0.15, 0.2) is 0 Å². The molecule has 0 aliphatic rings. The summed E-state index contributed by atoms with van der Waals surface area (Å²) in [5, 5.41) is 0. The fourth-order valence-corrected chi connectivity index (χ4v) is 1.97. The van der Waals surface area contributed by atoms with Gasteiger partial charge in [0.05, 0.1) is 0 Å². The van der Waals surface area contributed by atoms with Gasteiger partial charge in [-0.2, -0.15) is 0 Å². The Morgan fingerprint density at radius 3 is 2.67 bits per heavy atom. The molecule has 0 heterocycles. The Morgan fingerprint density at radius 1 is 1.19 bits per heavy atom. The third-order valence-corrected chi connectivity index (χ3v) is 2.81. The monoisotopic (exact) mass is 283 g/mol. The second-order valence-electron chi connectivity index (χ2n) is 4.93. The first kappa shape index (κ1) is 15.1. The summed E-state index contributed by atoms with van der Waals surface area (Å²) in [6.07, 6.45) is 0.615. The lowest BCUT2D eigenvalue weighted by Crippen LogP contribution is -2.17. The fraction of sp³-hybridized carbons (Fsp3) is 0.222. The van der Waals surface area contributed by atoms with Crippen LogP contribution in [0.25, 0.3) is 0 Å². The zero-order valence-electron chi connectivity index (χ0n) is 12.0. The largest absolute Gasteiger partial charge is 0.481 e. The third-order valence-electron chi connectivity index (χ3n) is 2.81. The topological polar surface area (TPSA) is 35.2 Å². The molecule has 0 amide bonds. The van der Waals surface area contributed by atoms with Gasteiger partial charge in [-0.1, -0.05) is 30.0 Å². The summed E-state index contributed by atoms with van der Waals surface area (Å²) < 4.78 is 19.0. The Balaban J connectivity index is 1.97. The van der Waals surface area contributed by atoms with Crippen molar-refractivity contribution in [2.75, 3.05) is 6.61 Å². The first-order valence-electron chi connectivity index (χ1n) is 6.85. The molecule has 0 saturated heterocycles. The highest BCUT2D eigenvalue weighted by Crippen LogP contribution is 2.17. The van der Waals surface area contributed by atoms with Crippen molar-refractivity contribution in [2.24, 2.45) is 5.73 Å². The van der Waals surface area contributed by atoms with Crippen LogP contribution in [0.15, 0.2) is 48.5 Å². The molecule has 2 nitrogen and oxygen atoms in total. The van der Waals surface area contributed by atoms with Crippen LogP contribution < -0.4 is 10.5 Å². The van der Waals surface area contributed by atoms with E-state index in [2.05, 4.69) is 11.8 Å². The first-order valence-corrected chi connectivity index (χ1v) is 6.85. The molecule has 2 aromatic rings. The highest BCUT2D eigenvalue weighted by molar-refractivity contribution is 5.34. The van der Waals surface area contributed by atoms with Crippen molar-refractivity contribution in [2.45, 2.75) is 19.4 Å². The van der Waals surface area contributed by atoms with E-state index in [1.165, 1.54) is 12.1 Å². The van der Waals surface area contributed by atoms with Gasteiger partial charge < -0.3 is 10.5 Å². The smallest absolute Gasteiger partial charge is 0.149 e.